The van der Waals surface area contributed by atoms with Crippen molar-refractivity contribution in [2.45, 2.75) is 36.5 Å². The van der Waals surface area contributed by atoms with Crippen LogP contribution in [0.4, 0.5) is 0 Å². The fraction of sp³-hybridized carbons (Fsp3) is 0.364. The lowest BCUT2D eigenvalue weighted by Gasteiger charge is -2.30. The summed E-state index contributed by atoms with van der Waals surface area (Å²) in [5.41, 5.74) is 1.55. The molecule has 29 heavy (non-hydrogen) atoms. The molecule has 0 aliphatic carbocycles. The van der Waals surface area contributed by atoms with Gasteiger partial charge >= 0.3 is 0 Å². The van der Waals surface area contributed by atoms with Crippen LogP contribution < -0.4 is 5.32 Å². The highest BCUT2D eigenvalue weighted by atomic mass is 32.2. The Balaban J connectivity index is 1.33. The van der Waals surface area contributed by atoms with E-state index in [1.807, 2.05) is 24.3 Å². The Labute approximate surface area is 172 Å². The van der Waals surface area contributed by atoms with Crippen molar-refractivity contribution in [1.29, 1.82) is 0 Å². The predicted molar refractivity (Wildman–Crippen MR) is 113 cm³/mol. The van der Waals surface area contributed by atoms with Gasteiger partial charge in [0.25, 0.3) is 5.91 Å². The number of likely N-dealkylation sites (tertiary alicyclic amines) is 1. The molecule has 3 aromatic rings. The molecule has 1 fully saturated rings. The van der Waals surface area contributed by atoms with Crippen LogP contribution in [0.5, 0.6) is 0 Å². The number of rotatable bonds is 6. The molecule has 3 heterocycles. The number of aromatic nitrogens is 1. The molecule has 0 radical (unpaired) electrons. The van der Waals surface area contributed by atoms with Gasteiger partial charge in [-0.25, -0.2) is 0 Å². The van der Waals surface area contributed by atoms with E-state index in [4.69, 9.17) is 4.42 Å². The summed E-state index contributed by atoms with van der Waals surface area (Å²) in [6, 6.07) is 11.2. The minimum absolute atomic E-state index is 0.228. The summed E-state index contributed by atoms with van der Waals surface area (Å²) in [5, 5.41) is 3.94. The fourth-order valence-electron chi connectivity index (χ4n) is 3.64. The molecule has 1 atom stereocenters. The van der Waals surface area contributed by atoms with Crippen LogP contribution in [-0.4, -0.2) is 44.9 Å². The number of piperidine rings is 1. The summed E-state index contributed by atoms with van der Waals surface area (Å²) in [7, 11) is -0.981. The molecule has 6 nitrogen and oxygen atoms in total. The van der Waals surface area contributed by atoms with E-state index in [0.29, 0.717) is 12.1 Å². The molecule has 1 aromatic carbocycles. The normalized spacial score (nSPS) is 16.7. The van der Waals surface area contributed by atoms with Gasteiger partial charge in [0, 0.05) is 28.3 Å². The van der Waals surface area contributed by atoms with Crippen LogP contribution >= 0.6 is 0 Å². The lowest BCUT2D eigenvalue weighted by Crippen LogP contribution is -2.37. The number of nitrogens with one attached hydrogen (secondary N) is 1. The highest BCUT2D eigenvalue weighted by Crippen LogP contribution is 2.22. The molecule has 4 rings (SSSR count). The number of nitrogens with zero attached hydrogens (tertiary/aromatic N) is 2. The smallest absolute Gasteiger partial charge is 0.287 e. The molecule has 1 aliphatic rings. The number of furan rings is 1. The first-order valence-electron chi connectivity index (χ1n) is 9.97. The Morgan fingerprint density at radius 3 is 2.69 bits per heavy atom. The van der Waals surface area contributed by atoms with Crippen LogP contribution in [0.3, 0.4) is 0 Å². The predicted octanol–water partition coefficient (Wildman–Crippen LogP) is 3.35. The lowest BCUT2D eigenvalue weighted by atomic mass is 10.1. The topological polar surface area (TPSA) is 75.4 Å². The number of hydrogen-bond donors (Lipinski definition) is 1. The van der Waals surface area contributed by atoms with Gasteiger partial charge in [-0.2, -0.15) is 0 Å². The monoisotopic (exact) mass is 411 g/mol. The maximum Gasteiger partial charge on any atom is 0.287 e. The van der Waals surface area contributed by atoms with Crippen molar-refractivity contribution in [2.24, 2.45) is 0 Å². The molecule has 152 valence electrons. The van der Waals surface area contributed by atoms with E-state index in [1.54, 1.807) is 24.5 Å². The van der Waals surface area contributed by atoms with Crippen LogP contribution in [0, 0.1) is 0 Å². The zero-order valence-corrected chi connectivity index (χ0v) is 17.3. The zero-order chi connectivity index (χ0) is 20.2. The zero-order valence-electron chi connectivity index (χ0n) is 16.5. The summed E-state index contributed by atoms with van der Waals surface area (Å²) >= 11 is 0. The summed E-state index contributed by atoms with van der Waals surface area (Å²) in [6.45, 7) is 5.66. The minimum Gasteiger partial charge on any atom is -0.449 e. The molecule has 1 N–H and O–H groups in total. The second-order valence-corrected chi connectivity index (χ2v) is 9.01. The van der Waals surface area contributed by atoms with Gasteiger partial charge in [0.05, 0.1) is 17.0 Å². The second kappa shape index (κ2) is 8.88. The average Bonchev–Trinajstić information content (AvgIpc) is 3.22. The third kappa shape index (κ3) is 4.57. The number of benzene rings is 1. The van der Waals surface area contributed by atoms with E-state index < -0.39 is 10.8 Å². The van der Waals surface area contributed by atoms with Crippen molar-refractivity contribution in [3.8, 4) is 0 Å². The van der Waals surface area contributed by atoms with Crippen molar-refractivity contribution in [3.05, 3.63) is 60.1 Å². The number of hydrogen-bond acceptors (Lipinski definition) is 5. The van der Waals surface area contributed by atoms with Crippen molar-refractivity contribution in [1.82, 2.24) is 15.2 Å². The van der Waals surface area contributed by atoms with Crippen molar-refractivity contribution in [3.63, 3.8) is 0 Å². The average molecular weight is 412 g/mol. The van der Waals surface area contributed by atoms with Gasteiger partial charge in [0.15, 0.2) is 11.3 Å². The van der Waals surface area contributed by atoms with Crippen LogP contribution in [0.15, 0.2) is 58.1 Å². The van der Waals surface area contributed by atoms with Gasteiger partial charge in [-0.05, 0) is 62.3 Å². The number of carbonyl (C=O) groups excluding carboxylic acids is 1. The van der Waals surface area contributed by atoms with Crippen molar-refractivity contribution in [2.75, 3.05) is 19.6 Å². The molecule has 0 saturated carbocycles. The van der Waals surface area contributed by atoms with Gasteiger partial charge in [-0.1, -0.05) is 19.1 Å². The van der Waals surface area contributed by atoms with E-state index >= 15 is 0 Å². The largest absolute Gasteiger partial charge is 0.449 e. The fourth-order valence-corrected chi connectivity index (χ4v) is 5.07. The highest BCUT2D eigenvalue weighted by molar-refractivity contribution is 7.85. The maximum atomic E-state index is 12.8. The Morgan fingerprint density at radius 2 is 2.00 bits per heavy atom. The van der Waals surface area contributed by atoms with Gasteiger partial charge in [0.1, 0.15) is 0 Å². The number of amides is 1. The minimum atomic E-state index is -0.981. The molecule has 1 aliphatic heterocycles. The van der Waals surface area contributed by atoms with E-state index in [2.05, 4.69) is 22.1 Å². The number of pyridine rings is 1. The quantitative estimate of drug-likeness (QED) is 0.673. The number of carbonyl (C=O) groups is 1. The van der Waals surface area contributed by atoms with E-state index in [0.717, 1.165) is 48.3 Å². The van der Waals surface area contributed by atoms with E-state index in [-0.39, 0.29) is 16.9 Å². The summed E-state index contributed by atoms with van der Waals surface area (Å²) in [4.78, 5) is 19.6. The molecular weight excluding hydrogens is 386 g/mol. The maximum absolute atomic E-state index is 12.8. The second-order valence-electron chi connectivity index (χ2n) is 7.28. The first-order valence-corrected chi connectivity index (χ1v) is 11.2. The van der Waals surface area contributed by atoms with Crippen LogP contribution in [0.25, 0.3) is 11.0 Å². The number of fused-ring (bicyclic) bond motifs is 1. The third-order valence-corrected chi connectivity index (χ3v) is 7.25. The molecule has 1 amide bonds. The molecule has 1 unspecified atom stereocenters. The summed E-state index contributed by atoms with van der Waals surface area (Å²) in [6.07, 6.45) is 5.21. The first kappa shape index (κ1) is 19.8. The molecule has 0 spiro atoms. The molecular formula is C22H25N3O3S. The third-order valence-electron chi connectivity index (χ3n) is 5.44. The Morgan fingerprint density at radius 1 is 1.24 bits per heavy atom. The van der Waals surface area contributed by atoms with Crippen molar-refractivity contribution < 1.29 is 13.4 Å². The van der Waals surface area contributed by atoms with Crippen LogP contribution in [-0.2, 0) is 17.3 Å². The van der Waals surface area contributed by atoms with E-state index in [9.17, 15) is 9.00 Å². The summed E-state index contributed by atoms with van der Waals surface area (Å²) in [5.74, 6) is 0.000632. The Kier molecular flexibility index (Phi) is 6.06. The van der Waals surface area contributed by atoms with Gasteiger partial charge in [0.2, 0.25) is 0 Å². The SMILES string of the molecule is CCN1CCC(S(=O)c2ccc(CNC(=O)c3cc4ccncc4o3)cc2)CC1. The first-order chi connectivity index (χ1) is 14.1. The van der Waals surface area contributed by atoms with Crippen LogP contribution in [0.2, 0.25) is 0 Å². The Hall–Kier alpha value is -2.51. The highest BCUT2D eigenvalue weighted by Gasteiger charge is 2.24. The summed E-state index contributed by atoms with van der Waals surface area (Å²) < 4.78 is 18.4. The standard InChI is InChI=1S/C22H25N3O3S/c1-2-25-11-8-19(9-12-25)29(27)18-5-3-16(4-6-18)14-24-22(26)20-13-17-7-10-23-15-21(17)28-20/h3-7,10,13,15,19H,2,8-9,11-12,14H2,1H3,(H,24,26). The molecule has 1 saturated heterocycles. The van der Waals surface area contributed by atoms with Gasteiger partial charge in [-0.15, -0.1) is 0 Å². The Bertz CT molecular complexity index is 975. The van der Waals surface area contributed by atoms with Gasteiger partial charge in [-0.3, -0.25) is 14.0 Å². The van der Waals surface area contributed by atoms with E-state index in [1.165, 1.54) is 0 Å². The lowest BCUT2D eigenvalue weighted by molar-refractivity contribution is 0.0925. The van der Waals surface area contributed by atoms with Crippen LogP contribution in [0.1, 0.15) is 35.9 Å². The molecule has 0 bridgehead atoms. The molecule has 7 heteroatoms. The van der Waals surface area contributed by atoms with Crippen molar-refractivity contribution >= 4 is 27.7 Å². The molecule has 2 aromatic heterocycles. The van der Waals surface area contributed by atoms with Gasteiger partial charge < -0.3 is 14.6 Å².